The van der Waals surface area contributed by atoms with Gasteiger partial charge >= 0.3 is 5.97 Å². The smallest absolute Gasteiger partial charge is 0.335 e. The highest BCUT2D eigenvalue weighted by atomic mass is 16.5. The van der Waals surface area contributed by atoms with Gasteiger partial charge in [0.2, 0.25) is 5.91 Å². The second-order valence-electron chi connectivity index (χ2n) is 11.0. The third-order valence-corrected chi connectivity index (χ3v) is 8.50. The molecule has 0 bridgehead atoms. The Morgan fingerprint density at radius 1 is 0.902 bits per heavy atom. The van der Waals surface area contributed by atoms with Crippen LogP contribution in [0.2, 0.25) is 0 Å². The Bertz CT molecular complexity index is 1640. The van der Waals surface area contributed by atoms with Crippen LogP contribution in [0.5, 0.6) is 0 Å². The number of aromatic carboxylic acids is 1. The molecule has 7 nitrogen and oxygen atoms in total. The summed E-state index contributed by atoms with van der Waals surface area (Å²) in [5.74, 6) is -0.639. The van der Waals surface area contributed by atoms with E-state index in [0.29, 0.717) is 37.8 Å². The molecule has 41 heavy (non-hydrogen) atoms. The molecule has 4 aromatic rings. The second kappa shape index (κ2) is 11.6. The zero-order valence-corrected chi connectivity index (χ0v) is 23.0. The summed E-state index contributed by atoms with van der Waals surface area (Å²) in [7, 11) is 0. The maximum absolute atomic E-state index is 13.6. The topological polar surface area (TPSA) is 95.6 Å². The molecular formula is C34H33N3O4. The lowest BCUT2D eigenvalue weighted by atomic mass is 9.81. The molecular weight excluding hydrogens is 514 g/mol. The monoisotopic (exact) mass is 547 g/mol. The Labute approximate surface area is 239 Å². The van der Waals surface area contributed by atoms with E-state index in [9.17, 15) is 20.0 Å². The Kier molecular flexibility index (Phi) is 7.58. The number of carbonyl (C=O) groups excluding carboxylic acids is 1. The summed E-state index contributed by atoms with van der Waals surface area (Å²) in [5.41, 5.74) is 6.79. The first-order valence-electron chi connectivity index (χ1n) is 14.4. The molecule has 2 fully saturated rings. The fourth-order valence-corrected chi connectivity index (χ4v) is 6.43. The number of aromatic nitrogens is 1. The standard InChI is InChI=1S/C34H33N3O4/c35-21-23-5-4-8-27(19-23)24-9-11-26(12-10-24)33-32(25-6-2-1-3-7-25)29-14-13-28(34(39)40)20-30(29)37(33)22-31(38)36-15-17-41-18-16-36/h4-5,8-14,19-20,25H,1-3,6-7,15-18,22H2,(H,39,40). The van der Waals surface area contributed by atoms with Gasteiger partial charge in [0, 0.05) is 18.5 Å². The van der Waals surface area contributed by atoms with Gasteiger partial charge in [-0.05, 0) is 65.3 Å². The van der Waals surface area contributed by atoms with Gasteiger partial charge in [-0.15, -0.1) is 0 Å². The fourth-order valence-electron chi connectivity index (χ4n) is 6.43. The predicted octanol–water partition coefficient (Wildman–Crippen LogP) is 6.45. The molecule has 1 N–H and O–H groups in total. The molecule has 6 rings (SSSR count). The van der Waals surface area contributed by atoms with E-state index >= 15 is 0 Å². The molecule has 1 aliphatic carbocycles. The van der Waals surface area contributed by atoms with E-state index < -0.39 is 5.97 Å². The van der Waals surface area contributed by atoms with Gasteiger partial charge in [-0.3, -0.25) is 4.79 Å². The van der Waals surface area contributed by atoms with E-state index in [2.05, 4.69) is 34.9 Å². The number of ether oxygens (including phenoxy) is 1. The van der Waals surface area contributed by atoms with Crippen molar-refractivity contribution in [2.24, 2.45) is 0 Å². The van der Waals surface area contributed by atoms with Crippen molar-refractivity contribution in [2.75, 3.05) is 26.3 Å². The van der Waals surface area contributed by atoms with Gasteiger partial charge in [-0.2, -0.15) is 5.26 Å². The van der Waals surface area contributed by atoms with E-state index in [4.69, 9.17) is 4.74 Å². The van der Waals surface area contributed by atoms with Crippen molar-refractivity contribution in [2.45, 2.75) is 44.6 Å². The maximum atomic E-state index is 13.6. The van der Waals surface area contributed by atoms with Crippen LogP contribution in [0.4, 0.5) is 0 Å². The van der Waals surface area contributed by atoms with Crippen molar-refractivity contribution < 1.29 is 19.4 Å². The Morgan fingerprint density at radius 3 is 2.34 bits per heavy atom. The highest BCUT2D eigenvalue weighted by Gasteiger charge is 2.29. The van der Waals surface area contributed by atoms with Crippen molar-refractivity contribution in [3.63, 3.8) is 0 Å². The molecule has 1 saturated heterocycles. The number of hydrogen-bond donors (Lipinski definition) is 1. The van der Waals surface area contributed by atoms with Crippen molar-refractivity contribution in [3.05, 3.63) is 83.4 Å². The molecule has 1 saturated carbocycles. The molecule has 0 spiro atoms. The molecule has 7 heteroatoms. The largest absolute Gasteiger partial charge is 0.478 e. The molecule has 1 amide bonds. The van der Waals surface area contributed by atoms with Crippen LogP contribution < -0.4 is 0 Å². The van der Waals surface area contributed by atoms with E-state index in [-0.39, 0.29) is 18.0 Å². The molecule has 2 heterocycles. The minimum absolute atomic E-state index is 0.00677. The zero-order valence-electron chi connectivity index (χ0n) is 23.0. The number of amides is 1. The number of carbonyl (C=O) groups is 2. The van der Waals surface area contributed by atoms with Crippen LogP contribution in [0.15, 0.2) is 66.7 Å². The molecule has 1 aromatic heterocycles. The van der Waals surface area contributed by atoms with Gasteiger partial charge in [0.1, 0.15) is 6.54 Å². The first-order chi connectivity index (χ1) is 20.0. The van der Waals surface area contributed by atoms with Crippen molar-refractivity contribution in [1.29, 1.82) is 5.26 Å². The molecule has 1 aliphatic heterocycles. The van der Waals surface area contributed by atoms with Gasteiger partial charge in [0.25, 0.3) is 0 Å². The quantitative estimate of drug-likeness (QED) is 0.299. The molecule has 0 radical (unpaired) electrons. The van der Waals surface area contributed by atoms with Gasteiger partial charge < -0.3 is 19.3 Å². The average molecular weight is 548 g/mol. The summed E-state index contributed by atoms with van der Waals surface area (Å²) in [6.45, 7) is 2.29. The molecule has 208 valence electrons. The fraction of sp³-hybridized carbons (Fsp3) is 0.324. The van der Waals surface area contributed by atoms with Crippen LogP contribution in [-0.2, 0) is 16.1 Å². The zero-order chi connectivity index (χ0) is 28.3. The first-order valence-corrected chi connectivity index (χ1v) is 14.4. The van der Waals surface area contributed by atoms with Crippen LogP contribution in [0, 0.1) is 11.3 Å². The minimum Gasteiger partial charge on any atom is -0.478 e. The van der Waals surface area contributed by atoms with E-state index in [1.165, 1.54) is 12.0 Å². The maximum Gasteiger partial charge on any atom is 0.335 e. The van der Waals surface area contributed by atoms with Crippen LogP contribution in [0.25, 0.3) is 33.3 Å². The van der Waals surface area contributed by atoms with Gasteiger partial charge in [-0.25, -0.2) is 4.79 Å². The van der Waals surface area contributed by atoms with Crippen LogP contribution >= 0.6 is 0 Å². The number of hydrogen-bond acceptors (Lipinski definition) is 4. The number of morpholine rings is 1. The number of benzene rings is 3. The second-order valence-corrected chi connectivity index (χ2v) is 11.0. The predicted molar refractivity (Wildman–Crippen MR) is 158 cm³/mol. The van der Waals surface area contributed by atoms with Crippen LogP contribution in [-0.4, -0.2) is 52.8 Å². The van der Waals surface area contributed by atoms with Crippen LogP contribution in [0.3, 0.4) is 0 Å². The number of carboxylic acid groups (broad SMARTS) is 1. The van der Waals surface area contributed by atoms with Crippen molar-refractivity contribution in [1.82, 2.24) is 9.47 Å². The SMILES string of the molecule is N#Cc1cccc(-c2ccc(-c3c(C4CCCCC4)c4ccc(C(=O)O)cc4n3CC(=O)N3CCOCC3)cc2)c1. The highest BCUT2D eigenvalue weighted by molar-refractivity contribution is 5.99. The van der Waals surface area contributed by atoms with Gasteiger partial charge in [-0.1, -0.05) is 61.7 Å². The summed E-state index contributed by atoms with van der Waals surface area (Å²) in [6.07, 6.45) is 5.68. The Balaban J connectivity index is 1.52. The van der Waals surface area contributed by atoms with E-state index in [0.717, 1.165) is 59.0 Å². The number of nitriles is 1. The third-order valence-electron chi connectivity index (χ3n) is 8.50. The number of fused-ring (bicyclic) bond motifs is 1. The van der Waals surface area contributed by atoms with Crippen molar-refractivity contribution >= 4 is 22.8 Å². The summed E-state index contributed by atoms with van der Waals surface area (Å²) in [6, 6.07) is 23.4. The van der Waals surface area contributed by atoms with Crippen LogP contribution in [0.1, 0.15) is 59.5 Å². The normalized spacial score (nSPS) is 16.0. The van der Waals surface area contributed by atoms with E-state index in [1.54, 1.807) is 18.2 Å². The number of nitrogens with zero attached hydrogens (tertiary/aromatic N) is 3. The summed E-state index contributed by atoms with van der Waals surface area (Å²) >= 11 is 0. The molecule has 3 aromatic carbocycles. The Morgan fingerprint density at radius 2 is 1.63 bits per heavy atom. The summed E-state index contributed by atoms with van der Waals surface area (Å²) in [5, 5.41) is 20.2. The summed E-state index contributed by atoms with van der Waals surface area (Å²) < 4.78 is 7.52. The Hall–Kier alpha value is -4.41. The highest BCUT2D eigenvalue weighted by Crippen LogP contribution is 2.44. The van der Waals surface area contributed by atoms with Gasteiger partial charge in [0.05, 0.1) is 41.6 Å². The lowest BCUT2D eigenvalue weighted by molar-refractivity contribution is -0.135. The molecule has 0 unspecified atom stereocenters. The third kappa shape index (κ3) is 5.36. The lowest BCUT2D eigenvalue weighted by Crippen LogP contribution is -2.42. The number of rotatable bonds is 6. The number of carboxylic acids is 1. The summed E-state index contributed by atoms with van der Waals surface area (Å²) in [4.78, 5) is 27.4. The van der Waals surface area contributed by atoms with Gasteiger partial charge in [0.15, 0.2) is 0 Å². The molecule has 0 atom stereocenters. The average Bonchev–Trinajstić information content (AvgIpc) is 3.35. The minimum atomic E-state index is -0.983. The lowest BCUT2D eigenvalue weighted by Gasteiger charge is -2.28. The molecule has 2 aliphatic rings. The van der Waals surface area contributed by atoms with E-state index in [1.807, 2.05) is 29.2 Å². The first kappa shape index (κ1) is 26.8. The van der Waals surface area contributed by atoms with Crippen molar-refractivity contribution in [3.8, 4) is 28.5 Å².